The fourth-order valence-electron chi connectivity index (χ4n) is 2.49. The van der Waals surface area contributed by atoms with Crippen molar-refractivity contribution >= 4 is 20.0 Å². The zero-order valence-corrected chi connectivity index (χ0v) is 16.5. The first kappa shape index (κ1) is 20.6. The average Bonchev–Trinajstić information content (AvgIpc) is 2.54. The van der Waals surface area contributed by atoms with Crippen LogP contribution in [0.5, 0.6) is 0 Å². The van der Waals surface area contributed by atoms with Gasteiger partial charge in [0.25, 0.3) is 0 Å². The van der Waals surface area contributed by atoms with Crippen LogP contribution in [0.25, 0.3) is 11.1 Å². The zero-order valence-electron chi connectivity index (χ0n) is 14.9. The van der Waals surface area contributed by atoms with Gasteiger partial charge in [0.15, 0.2) is 0 Å². The summed E-state index contributed by atoms with van der Waals surface area (Å²) in [7, 11) is -6.30. The Hall–Kier alpha value is -1.74. The van der Waals surface area contributed by atoms with Crippen molar-refractivity contribution in [2.24, 2.45) is 0 Å². The largest absolute Gasteiger partial charge is 0.215 e. The highest BCUT2D eigenvalue weighted by Crippen LogP contribution is 2.20. The summed E-state index contributed by atoms with van der Waals surface area (Å²) in [5, 5.41) is 0. The minimum absolute atomic E-state index is 0.383. The van der Waals surface area contributed by atoms with Gasteiger partial charge in [-0.1, -0.05) is 48.5 Å². The normalized spacial score (nSPS) is 12.2. The maximum Gasteiger partial charge on any atom is 0.208 e. The van der Waals surface area contributed by atoms with Gasteiger partial charge in [0.05, 0.1) is 12.5 Å². The maximum absolute atomic E-state index is 11.1. The monoisotopic (exact) mass is 396 g/mol. The van der Waals surface area contributed by atoms with Crippen LogP contribution in [-0.2, 0) is 32.9 Å². The fraction of sp³-hybridized carbons (Fsp3) is 0.333. The van der Waals surface area contributed by atoms with Crippen LogP contribution >= 0.6 is 0 Å². The predicted octanol–water partition coefficient (Wildman–Crippen LogP) is 1.54. The molecule has 0 heterocycles. The van der Waals surface area contributed by atoms with E-state index in [9.17, 15) is 16.8 Å². The van der Waals surface area contributed by atoms with Gasteiger partial charge in [-0.3, -0.25) is 0 Å². The van der Waals surface area contributed by atoms with Gasteiger partial charge in [-0.15, -0.1) is 0 Å². The molecule has 0 unspecified atom stereocenters. The van der Waals surface area contributed by atoms with Gasteiger partial charge in [-0.2, -0.15) is 0 Å². The molecular weight excluding hydrogens is 372 g/mol. The van der Waals surface area contributed by atoms with Crippen molar-refractivity contribution in [1.29, 1.82) is 0 Å². The number of hydrogen-bond donors (Lipinski definition) is 2. The first-order chi connectivity index (χ1) is 12.1. The Morgan fingerprint density at radius 1 is 0.615 bits per heavy atom. The number of sulfonamides is 2. The van der Waals surface area contributed by atoms with E-state index >= 15 is 0 Å². The Morgan fingerprint density at radius 2 is 0.923 bits per heavy atom. The van der Waals surface area contributed by atoms with Crippen molar-refractivity contribution in [2.75, 3.05) is 25.6 Å². The van der Waals surface area contributed by atoms with E-state index in [1.54, 1.807) is 0 Å². The lowest BCUT2D eigenvalue weighted by atomic mass is 10.0. The minimum Gasteiger partial charge on any atom is -0.215 e. The van der Waals surface area contributed by atoms with E-state index in [1.807, 2.05) is 48.5 Å². The number of benzene rings is 2. The minimum atomic E-state index is -3.15. The van der Waals surface area contributed by atoms with Crippen LogP contribution in [0.4, 0.5) is 0 Å². The van der Waals surface area contributed by atoms with Crippen LogP contribution in [0.3, 0.4) is 0 Å². The average molecular weight is 397 g/mol. The summed E-state index contributed by atoms with van der Waals surface area (Å²) in [5.74, 6) is 0. The second-order valence-electron chi connectivity index (χ2n) is 6.23. The van der Waals surface area contributed by atoms with Gasteiger partial charge in [-0.05, 0) is 35.1 Å². The van der Waals surface area contributed by atoms with Crippen LogP contribution in [0.2, 0.25) is 0 Å². The van der Waals surface area contributed by atoms with Crippen LogP contribution in [0, 0.1) is 0 Å². The van der Waals surface area contributed by atoms with Crippen molar-refractivity contribution < 1.29 is 16.8 Å². The van der Waals surface area contributed by atoms with E-state index in [0.29, 0.717) is 25.9 Å². The summed E-state index contributed by atoms with van der Waals surface area (Å²) >= 11 is 0. The summed E-state index contributed by atoms with van der Waals surface area (Å²) in [5.41, 5.74) is 4.28. The number of hydrogen-bond acceptors (Lipinski definition) is 4. The first-order valence-corrected chi connectivity index (χ1v) is 12.0. The summed E-state index contributed by atoms with van der Waals surface area (Å²) in [6.45, 7) is 0.767. The number of nitrogens with one attached hydrogen (secondary N) is 2. The van der Waals surface area contributed by atoms with Crippen LogP contribution in [-0.4, -0.2) is 42.4 Å². The molecule has 0 aliphatic carbocycles. The van der Waals surface area contributed by atoms with E-state index in [1.165, 1.54) is 0 Å². The van der Waals surface area contributed by atoms with E-state index < -0.39 is 20.0 Å². The summed E-state index contributed by atoms with van der Waals surface area (Å²) in [6, 6.07) is 16.0. The van der Waals surface area contributed by atoms with Crippen LogP contribution < -0.4 is 9.44 Å². The predicted molar refractivity (Wildman–Crippen MR) is 105 cm³/mol. The molecule has 2 N–H and O–H groups in total. The molecule has 8 heteroatoms. The fourth-order valence-corrected chi connectivity index (χ4v) is 3.43. The van der Waals surface area contributed by atoms with Crippen molar-refractivity contribution in [2.45, 2.75) is 12.8 Å². The molecule has 0 aliphatic heterocycles. The summed E-state index contributed by atoms with van der Waals surface area (Å²) in [4.78, 5) is 0. The molecule has 0 aliphatic rings. The van der Waals surface area contributed by atoms with Crippen molar-refractivity contribution in [3.8, 4) is 11.1 Å². The molecule has 0 saturated carbocycles. The molecule has 0 bridgehead atoms. The Labute approximate surface area is 155 Å². The molecular formula is C18H24N2O4S2. The molecule has 0 aromatic heterocycles. The Morgan fingerprint density at radius 3 is 1.19 bits per heavy atom. The zero-order chi connectivity index (χ0) is 19.2. The lowest BCUT2D eigenvalue weighted by Crippen LogP contribution is -2.24. The third kappa shape index (κ3) is 7.65. The molecule has 0 atom stereocenters. The Bertz CT molecular complexity index is 841. The summed E-state index contributed by atoms with van der Waals surface area (Å²) < 4.78 is 49.2. The number of rotatable bonds is 9. The maximum atomic E-state index is 11.1. The second-order valence-corrected chi connectivity index (χ2v) is 9.89. The smallest absolute Gasteiger partial charge is 0.208 e. The van der Waals surface area contributed by atoms with E-state index in [4.69, 9.17) is 0 Å². The Balaban J connectivity index is 1.92. The quantitative estimate of drug-likeness (QED) is 0.672. The third-order valence-electron chi connectivity index (χ3n) is 3.80. The van der Waals surface area contributed by atoms with E-state index in [-0.39, 0.29) is 0 Å². The van der Waals surface area contributed by atoms with Gasteiger partial charge in [0, 0.05) is 13.1 Å². The lowest BCUT2D eigenvalue weighted by Gasteiger charge is -2.07. The third-order valence-corrected chi connectivity index (χ3v) is 5.25. The molecule has 6 nitrogen and oxygen atoms in total. The van der Waals surface area contributed by atoms with E-state index in [2.05, 4.69) is 9.44 Å². The van der Waals surface area contributed by atoms with Crippen molar-refractivity contribution in [1.82, 2.24) is 9.44 Å². The van der Waals surface area contributed by atoms with Crippen LogP contribution in [0.15, 0.2) is 48.5 Å². The Kier molecular flexibility index (Phi) is 6.94. The molecule has 0 spiro atoms. The van der Waals surface area contributed by atoms with E-state index in [0.717, 1.165) is 34.8 Å². The molecule has 0 saturated heterocycles. The SMILES string of the molecule is CS(=O)(=O)NCCc1ccc(-c2ccc(CCNS(C)(=O)=O)cc2)cc1. The van der Waals surface area contributed by atoms with Gasteiger partial charge in [0.1, 0.15) is 0 Å². The van der Waals surface area contributed by atoms with Gasteiger partial charge in [-0.25, -0.2) is 26.3 Å². The van der Waals surface area contributed by atoms with Gasteiger partial charge in [0.2, 0.25) is 20.0 Å². The van der Waals surface area contributed by atoms with Gasteiger partial charge >= 0.3 is 0 Å². The second kappa shape index (κ2) is 8.77. The topological polar surface area (TPSA) is 92.3 Å². The molecule has 142 valence electrons. The molecule has 2 rings (SSSR count). The molecule has 2 aromatic carbocycles. The van der Waals surface area contributed by atoms with Crippen LogP contribution in [0.1, 0.15) is 11.1 Å². The summed E-state index contributed by atoms with van der Waals surface area (Å²) in [6.07, 6.45) is 3.58. The molecule has 2 aromatic rings. The molecule has 0 radical (unpaired) electrons. The molecule has 0 amide bonds. The standard InChI is InChI=1S/C18H24N2O4S2/c1-25(21,22)19-13-11-15-3-7-17(8-4-15)18-9-5-16(6-10-18)12-14-20-26(2,23)24/h3-10,19-20H,11-14H2,1-2H3. The van der Waals surface area contributed by atoms with Crippen molar-refractivity contribution in [3.05, 3.63) is 59.7 Å². The molecule has 26 heavy (non-hydrogen) atoms. The van der Waals surface area contributed by atoms with Gasteiger partial charge < -0.3 is 0 Å². The molecule has 0 fully saturated rings. The highest BCUT2D eigenvalue weighted by atomic mass is 32.2. The highest BCUT2D eigenvalue weighted by molar-refractivity contribution is 7.89. The highest BCUT2D eigenvalue weighted by Gasteiger charge is 2.03. The first-order valence-electron chi connectivity index (χ1n) is 8.20. The lowest BCUT2D eigenvalue weighted by molar-refractivity contribution is 0.586. The van der Waals surface area contributed by atoms with Crippen molar-refractivity contribution in [3.63, 3.8) is 0 Å².